The molecule has 0 atom stereocenters. The number of fused-ring (bicyclic) bond motifs is 2. The summed E-state index contributed by atoms with van der Waals surface area (Å²) in [5, 5.41) is 18.8. The third-order valence-electron chi connectivity index (χ3n) is 11.4. The summed E-state index contributed by atoms with van der Waals surface area (Å²) >= 11 is 0. The number of halogens is 2. The molecule has 0 bridgehead atoms. The van der Waals surface area contributed by atoms with Crippen molar-refractivity contribution in [3.05, 3.63) is 143 Å². The van der Waals surface area contributed by atoms with Crippen molar-refractivity contribution in [2.24, 2.45) is 0 Å². The van der Waals surface area contributed by atoms with Crippen molar-refractivity contribution < 1.29 is 37.2 Å². The van der Waals surface area contributed by atoms with E-state index in [9.17, 15) is 8.78 Å². The van der Waals surface area contributed by atoms with E-state index < -0.39 is 11.6 Å². The van der Waals surface area contributed by atoms with Crippen LogP contribution in [-0.4, -0.2) is 104 Å². The van der Waals surface area contributed by atoms with Crippen molar-refractivity contribution in [1.29, 1.82) is 0 Å². The Labute approximate surface area is 379 Å². The van der Waals surface area contributed by atoms with Crippen LogP contribution in [-0.2, 0) is 48.2 Å². The van der Waals surface area contributed by atoms with Gasteiger partial charge in [-0.1, -0.05) is 24.3 Å². The van der Waals surface area contributed by atoms with Gasteiger partial charge in [0.15, 0.2) is 11.6 Å². The van der Waals surface area contributed by atoms with Gasteiger partial charge in [0.25, 0.3) is 0 Å². The van der Waals surface area contributed by atoms with Gasteiger partial charge in [-0.15, -0.1) is 0 Å². The molecule has 0 N–H and O–H groups in total. The van der Waals surface area contributed by atoms with Gasteiger partial charge in [0.05, 0.1) is 127 Å². The summed E-state index contributed by atoms with van der Waals surface area (Å²) in [6.07, 6.45) is 13.5. The topological polar surface area (TPSA) is 152 Å². The molecule has 16 nitrogen and oxygen atoms in total. The average molecular weight is 899 g/mol. The van der Waals surface area contributed by atoms with Crippen LogP contribution in [0.25, 0.3) is 33.9 Å². The highest BCUT2D eigenvalue weighted by Crippen LogP contribution is 2.33. The minimum absolute atomic E-state index is 0.0413. The molecular formula is C48H48F2N10O6. The number of pyridine rings is 2. The molecule has 2 aliphatic heterocycles. The number of hydrogen-bond acceptors (Lipinski definition) is 12. The van der Waals surface area contributed by atoms with E-state index in [2.05, 4.69) is 20.2 Å². The van der Waals surface area contributed by atoms with Crippen LogP contribution < -0.4 is 18.9 Å². The van der Waals surface area contributed by atoms with Crippen molar-refractivity contribution in [3.63, 3.8) is 0 Å². The Kier molecular flexibility index (Phi) is 13.1. The molecule has 340 valence electrons. The van der Waals surface area contributed by atoms with Gasteiger partial charge in [0.1, 0.15) is 11.5 Å². The Morgan fingerprint density at radius 1 is 0.561 bits per heavy atom. The second-order valence-electron chi connectivity index (χ2n) is 15.5. The number of methoxy groups -OCH3 is 4. The monoisotopic (exact) mass is 898 g/mol. The summed E-state index contributed by atoms with van der Waals surface area (Å²) in [5.41, 5.74) is 10.9. The van der Waals surface area contributed by atoms with Gasteiger partial charge in [-0.25, -0.2) is 28.1 Å². The first-order valence-corrected chi connectivity index (χ1v) is 21.4. The maximum absolute atomic E-state index is 14.4. The van der Waals surface area contributed by atoms with Gasteiger partial charge in [0.2, 0.25) is 11.8 Å². The summed E-state index contributed by atoms with van der Waals surface area (Å²) in [4.78, 5) is 8.17. The Morgan fingerprint density at radius 3 is 1.64 bits per heavy atom. The van der Waals surface area contributed by atoms with Crippen molar-refractivity contribution >= 4 is 0 Å². The van der Waals surface area contributed by atoms with Gasteiger partial charge in [-0.05, 0) is 48.2 Å². The molecule has 0 unspecified atom stereocenters. The SMILES string of the molecule is COc1ccc(Cn2cc(-c3c4c(nn3-c3cnc(OC)c(F)c3)CCOCC4)cn2)cc1.COc1ccc(Cn2cc(-c3nn(-c4cnc(OC)c(F)c4)c4c3CCOCC4)cn2)cc1. The largest absolute Gasteiger partial charge is 0.497 e. The third kappa shape index (κ3) is 9.36. The molecule has 10 rings (SSSR count). The van der Waals surface area contributed by atoms with Crippen LogP contribution in [0.4, 0.5) is 8.78 Å². The fourth-order valence-corrected chi connectivity index (χ4v) is 8.13. The fourth-order valence-electron chi connectivity index (χ4n) is 8.13. The lowest BCUT2D eigenvalue weighted by molar-refractivity contribution is 0.145. The van der Waals surface area contributed by atoms with Crippen LogP contribution in [0.5, 0.6) is 23.3 Å². The summed E-state index contributed by atoms with van der Waals surface area (Å²) < 4.78 is 67.8. The van der Waals surface area contributed by atoms with Gasteiger partial charge in [-0.2, -0.15) is 20.4 Å². The highest BCUT2D eigenvalue weighted by molar-refractivity contribution is 5.67. The van der Waals surface area contributed by atoms with Crippen LogP contribution in [0.3, 0.4) is 0 Å². The molecule has 0 fully saturated rings. The summed E-state index contributed by atoms with van der Waals surface area (Å²) in [5.74, 6) is 0.479. The maximum Gasteiger partial charge on any atom is 0.250 e. The summed E-state index contributed by atoms with van der Waals surface area (Å²) in [7, 11) is 6.09. The van der Waals surface area contributed by atoms with E-state index in [1.165, 1.54) is 26.4 Å². The highest BCUT2D eigenvalue weighted by Gasteiger charge is 2.26. The zero-order chi connectivity index (χ0) is 45.6. The van der Waals surface area contributed by atoms with Crippen LogP contribution in [0.2, 0.25) is 0 Å². The summed E-state index contributed by atoms with van der Waals surface area (Å²) in [6.45, 7) is 3.66. The van der Waals surface area contributed by atoms with Crippen LogP contribution in [0.15, 0.2) is 97.8 Å². The third-order valence-corrected chi connectivity index (χ3v) is 11.4. The molecule has 0 amide bonds. The molecule has 0 radical (unpaired) electrons. The lowest BCUT2D eigenvalue weighted by Gasteiger charge is -2.09. The standard InChI is InChI=1S/2C24H24FN5O3/c1-31-19-5-3-16(4-6-19)14-29-15-17(12-27-29)23-20-7-9-33-10-8-22(20)30(28-23)18-11-21(25)24(32-2)26-13-18;1-31-19-5-3-16(4-6-19)14-29-15-17(12-27-29)23-20-7-9-33-10-8-22(20)28-30(23)18-11-21(25)24(32-2)26-13-18/h2*3-6,11-13,15H,7-10,14H2,1-2H3. The number of benzene rings is 2. The number of ether oxygens (including phenoxy) is 6. The predicted octanol–water partition coefficient (Wildman–Crippen LogP) is 6.90. The Hall–Kier alpha value is -7.44. The second-order valence-corrected chi connectivity index (χ2v) is 15.5. The van der Waals surface area contributed by atoms with Crippen LogP contribution >= 0.6 is 0 Å². The molecule has 0 saturated carbocycles. The number of hydrogen-bond donors (Lipinski definition) is 0. The molecule has 6 aromatic heterocycles. The second kappa shape index (κ2) is 19.7. The first kappa shape index (κ1) is 43.8. The molecule has 0 saturated heterocycles. The lowest BCUT2D eigenvalue weighted by atomic mass is 10.0. The van der Waals surface area contributed by atoms with Crippen molar-refractivity contribution in [3.8, 4) is 57.1 Å². The maximum atomic E-state index is 14.4. The number of nitrogens with zero attached hydrogens (tertiary/aromatic N) is 10. The van der Waals surface area contributed by atoms with E-state index in [-0.39, 0.29) is 11.8 Å². The molecule has 8 aromatic rings. The molecule has 0 aliphatic carbocycles. The van der Waals surface area contributed by atoms with Crippen molar-refractivity contribution in [2.45, 2.75) is 38.8 Å². The molecular weight excluding hydrogens is 851 g/mol. The smallest absolute Gasteiger partial charge is 0.250 e. The minimum Gasteiger partial charge on any atom is -0.497 e. The Balaban J connectivity index is 0.000000166. The van der Waals surface area contributed by atoms with Gasteiger partial charge in [0, 0.05) is 59.6 Å². The van der Waals surface area contributed by atoms with E-state index >= 15 is 0 Å². The molecule has 18 heteroatoms. The van der Waals surface area contributed by atoms with Crippen LogP contribution in [0.1, 0.15) is 33.6 Å². The molecule has 0 spiro atoms. The first-order chi connectivity index (χ1) is 32.3. The Bertz CT molecular complexity index is 2920. The van der Waals surface area contributed by atoms with Gasteiger partial charge >= 0.3 is 0 Å². The average Bonchev–Trinajstić information content (AvgIpc) is 4.09. The lowest BCUT2D eigenvalue weighted by Crippen LogP contribution is -2.06. The quantitative estimate of drug-likeness (QED) is 0.125. The van der Waals surface area contributed by atoms with E-state index in [0.29, 0.717) is 63.7 Å². The minimum atomic E-state index is -0.537. The van der Waals surface area contributed by atoms with E-state index in [1.807, 2.05) is 82.7 Å². The van der Waals surface area contributed by atoms with E-state index in [4.69, 9.17) is 38.6 Å². The Morgan fingerprint density at radius 2 is 1.08 bits per heavy atom. The number of rotatable bonds is 12. The first-order valence-electron chi connectivity index (χ1n) is 21.4. The number of aromatic nitrogens is 10. The van der Waals surface area contributed by atoms with Gasteiger partial charge in [-0.3, -0.25) is 9.36 Å². The van der Waals surface area contributed by atoms with E-state index in [0.717, 1.165) is 80.5 Å². The zero-order valence-corrected chi connectivity index (χ0v) is 37.0. The highest BCUT2D eigenvalue weighted by atomic mass is 19.1. The fraction of sp³-hybridized carbons (Fsp3) is 0.292. The molecule has 8 heterocycles. The van der Waals surface area contributed by atoms with Crippen molar-refractivity contribution in [2.75, 3.05) is 54.9 Å². The van der Waals surface area contributed by atoms with Crippen molar-refractivity contribution in [1.82, 2.24) is 49.1 Å². The normalized spacial score (nSPS) is 13.4. The van der Waals surface area contributed by atoms with Crippen LogP contribution in [0, 0.1) is 11.6 Å². The van der Waals surface area contributed by atoms with E-state index in [1.54, 1.807) is 36.0 Å². The molecule has 2 aliphatic rings. The molecule has 66 heavy (non-hydrogen) atoms. The van der Waals surface area contributed by atoms with Gasteiger partial charge < -0.3 is 28.4 Å². The predicted molar refractivity (Wildman–Crippen MR) is 239 cm³/mol. The summed E-state index contributed by atoms with van der Waals surface area (Å²) in [6, 6.07) is 18.6. The zero-order valence-electron chi connectivity index (χ0n) is 37.0. The molecule has 2 aromatic carbocycles.